The number of nitrogens with one attached hydrogen (secondary N) is 2. The third kappa shape index (κ3) is 7.61. The van der Waals surface area contributed by atoms with Crippen LogP contribution in [-0.4, -0.2) is 61.2 Å². The van der Waals surface area contributed by atoms with Crippen LogP contribution in [0.15, 0.2) is 34.9 Å². The molecule has 2 atom stereocenters. The van der Waals surface area contributed by atoms with E-state index in [0.29, 0.717) is 11.3 Å². The molecule has 2 aromatic rings. The molecule has 14 heteroatoms. The summed E-state index contributed by atoms with van der Waals surface area (Å²) in [5.74, 6) is -3.94. The lowest BCUT2D eigenvalue weighted by atomic mass is 10.1. The first-order valence-electron chi connectivity index (χ1n) is 9.50. The second kappa shape index (κ2) is 11.2. The molecule has 176 valence electrons. The molecule has 0 radical (unpaired) electrons. The maximum absolute atomic E-state index is 12.0. The lowest BCUT2D eigenvalue weighted by Gasteiger charge is -2.17. The molecule has 2 amide bonds. The Bertz CT molecular complexity index is 1030. The average molecular weight is 464 g/mol. The summed E-state index contributed by atoms with van der Waals surface area (Å²) in [4.78, 5) is 59.6. The quantitative estimate of drug-likeness (QED) is 0.222. The Hall–Kier alpha value is -4.49. The third-order valence-electron chi connectivity index (χ3n) is 4.43. The molecule has 33 heavy (non-hydrogen) atoms. The number of hydrogen-bond acceptors (Lipinski definition) is 8. The topological polar surface area (TPSA) is 222 Å². The van der Waals surface area contributed by atoms with Crippen LogP contribution in [0.5, 0.6) is 0 Å². The molecule has 0 spiro atoms. The van der Waals surface area contributed by atoms with Gasteiger partial charge in [-0.1, -0.05) is 0 Å². The summed E-state index contributed by atoms with van der Waals surface area (Å²) in [6, 6.07) is 1.56. The average Bonchev–Trinajstić information content (AvgIpc) is 3.22. The van der Waals surface area contributed by atoms with Crippen molar-refractivity contribution in [2.75, 3.05) is 0 Å². The van der Waals surface area contributed by atoms with Gasteiger partial charge in [0.2, 0.25) is 0 Å². The molecule has 2 unspecified atom stereocenters. The van der Waals surface area contributed by atoms with E-state index < -0.39 is 47.4 Å². The van der Waals surface area contributed by atoms with Gasteiger partial charge in [0.05, 0.1) is 4.92 Å². The van der Waals surface area contributed by atoms with Gasteiger partial charge in [0.25, 0.3) is 5.69 Å². The molecule has 0 aliphatic carbocycles. The molecule has 14 nitrogen and oxygen atoms in total. The summed E-state index contributed by atoms with van der Waals surface area (Å²) in [7, 11) is 0. The Morgan fingerprint density at radius 1 is 1.00 bits per heavy atom. The summed E-state index contributed by atoms with van der Waals surface area (Å²) < 4.78 is 5.28. The molecule has 0 fully saturated rings. The first-order chi connectivity index (χ1) is 15.6. The Morgan fingerprint density at radius 3 is 2.09 bits per heavy atom. The van der Waals surface area contributed by atoms with Crippen molar-refractivity contribution in [3.8, 4) is 11.3 Å². The van der Waals surface area contributed by atoms with Gasteiger partial charge in [-0.15, -0.1) is 0 Å². The van der Waals surface area contributed by atoms with E-state index in [9.17, 15) is 34.4 Å². The van der Waals surface area contributed by atoms with E-state index in [1.54, 1.807) is 0 Å². The van der Waals surface area contributed by atoms with Gasteiger partial charge in [-0.2, -0.15) is 0 Å². The molecule has 1 aromatic heterocycles. The van der Waals surface area contributed by atoms with Crippen molar-refractivity contribution in [1.82, 2.24) is 15.6 Å². The first-order valence-corrected chi connectivity index (χ1v) is 9.50. The number of aliphatic carboxylic acids is 3. The minimum absolute atomic E-state index is 0.00556. The Labute approximate surface area is 185 Å². The molecule has 2 rings (SSSR count). The van der Waals surface area contributed by atoms with Crippen molar-refractivity contribution < 1.29 is 43.8 Å². The summed E-state index contributed by atoms with van der Waals surface area (Å²) in [5.41, 5.74) is 0.827. The summed E-state index contributed by atoms with van der Waals surface area (Å²) in [5, 5.41) is 41.9. The zero-order chi connectivity index (χ0) is 24.5. The van der Waals surface area contributed by atoms with E-state index in [-0.39, 0.29) is 30.8 Å². The fraction of sp³-hybridized carbons (Fsp3) is 0.316. The number of urea groups is 1. The van der Waals surface area contributed by atoms with Crippen molar-refractivity contribution in [1.29, 1.82) is 0 Å². The predicted molar refractivity (Wildman–Crippen MR) is 108 cm³/mol. The zero-order valence-corrected chi connectivity index (χ0v) is 17.0. The number of benzene rings is 1. The second-order valence-corrected chi connectivity index (χ2v) is 6.80. The van der Waals surface area contributed by atoms with Crippen molar-refractivity contribution >= 4 is 29.6 Å². The number of carbonyl (C=O) groups is 4. The van der Waals surface area contributed by atoms with E-state index >= 15 is 0 Å². The number of aryl methyl sites for hydroxylation is 1. The largest absolute Gasteiger partial charge is 0.481 e. The number of nitro benzene ring substituents is 1. The Morgan fingerprint density at radius 2 is 1.58 bits per heavy atom. The number of hydrogen-bond donors (Lipinski definition) is 5. The molecule has 0 aliphatic rings. The highest BCUT2D eigenvalue weighted by Crippen LogP contribution is 2.22. The molecule has 0 saturated heterocycles. The van der Waals surface area contributed by atoms with Crippen LogP contribution < -0.4 is 10.6 Å². The lowest BCUT2D eigenvalue weighted by Crippen LogP contribution is -2.51. The standard InChI is InChI=1S/C19H20N4O10/c24-16(25)8-6-13(18(28)29)22-19(30)21-12(17(26)27)5-7-15-20-14(9-33-15)10-1-3-11(4-2-10)23(31)32/h1-4,9,12-13H,5-8H2,(H,24,25)(H,26,27)(H,28,29)(H2,21,22,30). The van der Waals surface area contributed by atoms with Gasteiger partial charge in [0, 0.05) is 30.5 Å². The minimum Gasteiger partial charge on any atom is -0.481 e. The number of carboxylic acid groups (broad SMARTS) is 3. The van der Waals surface area contributed by atoms with E-state index in [1.807, 2.05) is 5.32 Å². The van der Waals surface area contributed by atoms with E-state index in [1.165, 1.54) is 30.5 Å². The summed E-state index contributed by atoms with van der Waals surface area (Å²) in [6.07, 6.45) is 0.284. The van der Waals surface area contributed by atoms with E-state index in [4.69, 9.17) is 14.6 Å². The predicted octanol–water partition coefficient (Wildman–Crippen LogP) is 1.25. The fourth-order valence-corrected chi connectivity index (χ4v) is 2.72. The lowest BCUT2D eigenvalue weighted by molar-refractivity contribution is -0.384. The molecule has 0 bridgehead atoms. The van der Waals surface area contributed by atoms with Crippen molar-refractivity contribution in [3.63, 3.8) is 0 Å². The van der Waals surface area contributed by atoms with Crippen LogP contribution in [0.2, 0.25) is 0 Å². The molecule has 1 heterocycles. The number of nitro groups is 1. The smallest absolute Gasteiger partial charge is 0.326 e. The number of aromatic nitrogens is 1. The number of non-ortho nitro benzene ring substituents is 1. The number of amides is 2. The Balaban J connectivity index is 1.95. The van der Waals surface area contributed by atoms with Gasteiger partial charge >= 0.3 is 23.9 Å². The van der Waals surface area contributed by atoms with Gasteiger partial charge in [-0.25, -0.2) is 19.4 Å². The van der Waals surface area contributed by atoms with Crippen LogP contribution in [0, 0.1) is 10.1 Å². The number of carboxylic acids is 3. The van der Waals surface area contributed by atoms with Crippen LogP contribution in [0.3, 0.4) is 0 Å². The highest BCUT2D eigenvalue weighted by molar-refractivity contribution is 5.86. The number of nitrogens with zero attached hydrogens (tertiary/aromatic N) is 2. The maximum Gasteiger partial charge on any atom is 0.326 e. The van der Waals surface area contributed by atoms with Crippen LogP contribution in [-0.2, 0) is 20.8 Å². The molecule has 5 N–H and O–H groups in total. The van der Waals surface area contributed by atoms with Gasteiger partial charge in [0.1, 0.15) is 24.0 Å². The highest BCUT2D eigenvalue weighted by atomic mass is 16.6. The molecule has 1 aromatic carbocycles. The van der Waals surface area contributed by atoms with E-state index in [2.05, 4.69) is 10.3 Å². The molecule has 0 aliphatic heterocycles. The van der Waals surface area contributed by atoms with Crippen molar-refractivity contribution in [2.24, 2.45) is 0 Å². The Kier molecular flexibility index (Phi) is 8.42. The summed E-state index contributed by atoms with van der Waals surface area (Å²) in [6.45, 7) is 0. The zero-order valence-electron chi connectivity index (χ0n) is 17.0. The van der Waals surface area contributed by atoms with Crippen molar-refractivity contribution in [3.05, 3.63) is 46.5 Å². The van der Waals surface area contributed by atoms with Gasteiger partial charge < -0.3 is 30.4 Å². The second-order valence-electron chi connectivity index (χ2n) is 6.80. The SMILES string of the molecule is O=C(O)CCC(NC(=O)NC(CCc1nc(-c2ccc([N+](=O)[O-])cc2)co1)C(=O)O)C(=O)O. The summed E-state index contributed by atoms with van der Waals surface area (Å²) >= 11 is 0. The normalized spacial score (nSPS) is 12.4. The van der Waals surface area contributed by atoms with Gasteiger partial charge in [0.15, 0.2) is 5.89 Å². The van der Waals surface area contributed by atoms with Gasteiger partial charge in [-0.05, 0) is 25.0 Å². The van der Waals surface area contributed by atoms with Gasteiger partial charge in [-0.3, -0.25) is 14.9 Å². The number of carbonyl (C=O) groups excluding carboxylic acids is 1. The van der Waals surface area contributed by atoms with E-state index in [0.717, 1.165) is 0 Å². The highest BCUT2D eigenvalue weighted by Gasteiger charge is 2.25. The monoisotopic (exact) mass is 464 g/mol. The number of oxazole rings is 1. The minimum atomic E-state index is -1.51. The molecular formula is C19H20N4O10. The van der Waals surface area contributed by atoms with Crippen LogP contribution in [0.25, 0.3) is 11.3 Å². The van der Waals surface area contributed by atoms with Crippen LogP contribution in [0.4, 0.5) is 10.5 Å². The van der Waals surface area contributed by atoms with Crippen molar-refractivity contribution in [2.45, 2.75) is 37.8 Å². The van der Waals surface area contributed by atoms with Crippen LogP contribution in [0.1, 0.15) is 25.2 Å². The van der Waals surface area contributed by atoms with Crippen LogP contribution >= 0.6 is 0 Å². The number of rotatable bonds is 12. The third-order valence-corrected chi connectivity index (χ3v) is 4.43. The molecule has 0 saturated carbocycles. The first kappa shape index (κ1) is 24.8. The maximum atomic E-state index is 12.0. The molecular weight excluding hydrogens is 444 g/mol. The fourth-order valence-electron chi connectivity index (χ4n) is 2.72.